The number of aliphatic hydroxyl groups excluding tert-OH is 1. The lowest BCUT2D eigenvalue weighted by Crippen LogP contribution is -2.33. The molecule has 3 rings (SSSR count). The smallest absolute Gasteiger partial charge is 0.126 e. The number of allylic oxidation sites excluding steroid dienone is 1. The highest BCUT2D eigenvalue weighted by atomic mass is 16.5. The van der Waals surface area contributed by atoms with Gasteiger partial charge in [0.25, 0.3) is 0 Å². The molecule has 1 saturated carbocycles. The first-order chi connectivity index (χ1) is 9.19. The van der Waals surface area contributed by atoms with Crippen LogP contribution in [0.25, 0.3) is 0 Å². The van der Waals surface area contributed by atoms with Crippen LogP contribution in [0.15, 0.2) is 24.8 Å². The Morgan fingerprint density at radius 1 is 1.37 bits per heavy atom. The number of hydrogen-bond donors (Lipinski definition) is 2. The van der Waals surface area contributed by atoms with Crippen LogP contribution in [-0.2, 0) is 6.42 Å². The van der Waals surface area contributed by atoms with Crippen LogP contribution in [0.1, 0.15) is 36.3 Å². The van der Waals surface area contributed by atoms with E-state index in [0.717, 1.165) is 42.6 Å². The fourth-order valence-corrected chi connectivity index (χ4v) is 3.40. The molecule has 0 aromatic heterocycles. The minimum Gasteiger partial charge on any atom is -0.508 e. The zero-order valence-electron chi connectivity index (χ0n) is 11.0. The molecule has 2 N–H and O–H groups in total. The van der Waals surface area contributed by atoms with Crippen molar-refractivity contribution in [3.05, 3.63) is 35.9 Å². The Balaban J connectivity index is 1.99. The van der Waals surface area contributed by atoms with Crippen molar-refractivity contribution in [3.8, 4) is 11.5 Å². The molecule has 19 heavy (non-hydrogen) atoms. The fourth-order valence-electron chi connectivity index (χ4n) is 3.40. The summed E-state index contributed by atoms with van der Waals surface area (Å²) in [5, 5.41) is 20.2. The van der Waals surface area contributed by atoms with Gasteiger partial charge in [-0.25, -0.2) is 0 Å². The van der Waals surface area contributed by atoms with Crippen LogP contribution in [0, 0.1) is 5.92 Å². The van der Waals surface area contributed by atoms with Crippen LogP contribution in [-0.4, -0.2) is 22.9 Å². The van der Waals surface area contributed by atoms with E-state index in [1.165, 1.54) is 0 Å². The lowest BCUT2D eigenvalue weighted by atomic mass is 9.73. The van der Waals surface area contributed by atoms with Gasteiger partial charge in [0, 0.05) is 11.5 Å². The second kappa shape index (κ2) is 4.89. The predicted octanol–water partition coefficient (Wildman–Crippen LogP) is 2.76. The van der Waals surface area contributed by atoms with Gasteiger partial charge in [0.2, 0.25) is 0 Å². The van der Waals surface area contributed by atoms with Gasteiger partial charge in [0.1, 0.15) is 11.5 Å². The highest BCUT2D eigenvalue weighted by Gasteiger charge is 2.37. The topological polar surface area (TPSA) is 49.7 Å². The molecule has 1 fully saturated rings. The number of aliphatic hydroxyl groups is 1. The van der Waals surface area contributed by atoms with Crippen LogP contribution >= 0.6 is 0 Å². The molecule has 0 bridgehead atoms. The van der Waals surface area contributed by atoms with Gasteiger partial charge in [-0.1, -0.05) is 6.08 Å². The summed E-state index contributed by atoms with van der Waals surface area (Å²) in [7, 11) is 0. The summed E-state index contributed by atoms with van der Waals surface area (Å²) < 4.78 is 5.82. The van der Waals surface area contributed by atoms with Crippen LogP contribution in [0.4, 0.5) is 0 Å². The molecule has 3 atom stereocenters. The molecule has 3 unspecified atom stereocenters. The van der Waals surface area contributed by atoms with Gasteiger partial charge < -0.3 is 14.9 Å². The monoisotopic (exact) mass is 260 g/mol. The van der Waals surface area contributed by atoms with Crippen LogP contribution in [0.2, 0.25) is 0 Å². The standard InChI is InChI=1S/C16H20O3/c1-2-3-10-6-14(18)16-13-8-12(17)5-4-11(13)9-19-15(16)7-10/h2,6-7,11-13,17-18H,1,3-5,8-9H2. The van der Waals surface area contributed by atoms with E-state index in [4.69, 9.17) is 4.74 Å². The third-order valence-corrected chi connectivity index (χ3v) is 4.35. The van der Waals surface area contributed by atoms with Crippen LogP contribution in [0.3, 0.4) is 0 Å². The van der Waals surface area contributed by atoms with Crippen LogP contribution in [0.5, 0.6) is 11.5 Å². The molecule has 1 aromatic carbocycles. The predicted molar refractivity (Wildman–Crippen MR) is 73.6 cm³/mol. The van der Waals surface area contributed by atoms with E-state index in [1.807, 2.05) is 12.1 Å². The van der Waals surface area contributed by atoms with Gasteiger partial charge >= 0.3 is 0 Å². The zero-order valence-corrected chi connectivity index (χ0v) is 11.0. The van der Waals surface area contributed by atoms with Crippen LogP contribution < -0.4 is 4.74 Å². The second-order valence-electron chi connectivity index (χ2n) is 5.66. The van der Waals surface area contributed by atoms with Crippen molar-refractivity contribution in [1.29, 1.82) is 0 Å². The van der Waals surface area contributed by atoms with Crippen molar-refractivity contribution in [3.63, 3.8) is 0 Å². The SMILES string of the molecule is C=CCc1cc(O)c2c(c1)OCC1CCC(O)CC21. The first-order valence-corrected chi connectivity index (χ1v) is 6.96. The maximum Gasteiger partial charge on any atom is 0.126 e. The van der Waals surface area contributed by atoms with E-state index in [9.17, 15) is 10.2 Å². The van der Waals surface area contributed by atoms with E-state index in [-0.39, 0.29) is 12.0 Å². The molecule has 0 amide bonds. The van der Waals surface area contributed by atoms with Gasteiger partial charge in [-0.3, -0.25) is 0 Å². The Morgan fingerprint density at radius 2 is 2.21 bits per heavy atom. The summed E-state index contributed by atoms with van der Waals surface area (Å²) in [4.78, 5) is 0. The third kappa shape index (κ3) is 2.23. The molecule has 3 heteroatoms. The average molecular weight is 260 g/mol. The quantitative estimate of drug-likeness (QED) is 0.804. The third-order valence-electron chi connectivity index (χ3n) is 4.35. The molecular weight excluding hydrogens is 240 g/mol. The molecule has 1 aromatic rings. The highest BCUT2D eigenvalue weighted by Crippen LogP contribution is 2.49. The van der Waals surface area contributed by atoms with E-state index in [2.05, 4.69) is 6.58 Å². The number of fused-ring (bicyclic) bond motifs is 3. The number of rotatable bonds is 2. The first-order valence-electron chi connectivity index (χ1n) is 6.96. The van der Waals surface area contributed by atoms with Gasteiger partial charge in [-0.15, -0.1) is 6.58 Å². The zero-order chi connectivity index (χ0) is 13.4. The largest absolute Gasteiger partial charge is 0.508 e. The molecule has 1 heterocycles. The molecule has 0 spiro atoms. The Bertz CT molecular complexity index is 495. The first kappa shape index (κ1) is 12.5. The average Bonchev–Trinajstić information content (AvgIpc) is 2.38. The highest BCUT2D eigenvalue weighted by molar-refractivity contribution is 5.51. The number of ether oxygens (including phenoxy) is 1. The van der Waals surface area contributed by atoms with E-state index < -0.39 is 0 Å². The summed E-state index contributed by atoms with van der Waals surface area (Å²) in [6.45, 7) is 4.41. The number of phenolic OH excluding ortho intramolecular Hbond substituents is 1. The maximum absolute atomic E-state index is 10.3. The number of hydrogen-bond acceptors (Lipinski definition) is 3. The molecule has 2 aliphatic rings. The fraction of sp³-hybridized carbons (Fsp3) is 0.500. The van der Waals surface area contributed by atoms with Gasteiger partial charge in [0.05, 0.1) is 12.7 Å². The van der Waals surface area contributed by atoms with Crippen molar-refractivity contribution in [2.24, 2.45) is 5.92 Å². The Morgan fingerprint density at radius 3 is 3.00 bits per heavy atom. The Hall–Kier alpha value is -1.48. The van der Waals surface area contributed by atoms with Crippen molar-refractivity contribution < 1.29 is 14.9 Å². The molecular formula is C16H20O3. The summed E-state index contributed by atoms with van der Waals surface area (Å²) in [6.07, 6.45) is 4.83. The van der Waals surface area contributed by atoms with Crippen molar-refractivity contribution in [2.75, 3.05) is 6.61 Å². The lowest BCUT2D eigenvalue weighted by Gasteiger charge is -2.39. The van der Waals surface area contributed by atoms with E-state index in [0.29, 0.717) is 18.3 Å². The molecule has 3 nitrogen and oxygen atoms in total. The van der Waals surface area contributed by atoms with Crippen molar-refractivity contribution in [1.82, 2.24) is 0 Å². The molecule has 1 aliphatic carbocycles. The van der Waals surface area contributed by atoms with Crippen molar-refractivity contribution in [2.45, 2.75) is 37.7 Å². The molecule has 0 saturated heterocycles. The minimum absolute atomic E-state index is 0.227. The minimum atomic E-state index is -0.251. The lowest BCUT2D eigenvalue weighted by molar-refractivity contribution is 0.0627. The summed E-state index contributed by atoms with van der Waals surface area (Å²) in [5.74, 6) is 1.74. The Labute approximate surface area is 113 Å². The van der Waals surface area contributed by atoms with Gasteiger partial charge in [0.15, 0.2) is 0 Å². The molecule has 102 valence electrons. The number of phenols is 1. The van der Waals surface area contributed by atoms with Gasteiger partial charge in [-0.05, 0) is 49.3 Å². The molecule has 0 radical (unpaired) electrons. The number of aromatic hydroxyl groups is 1. The normalized spacial score (nSPS) is 29.0. The Kier molecular flexibility index (Phi) is 3.23. The summed E-state index contributed by atoms with van der Waals surface area (Å²) in [5.41, 5.74) is 1.91. The molecule has 1 aliphatic heterocycles. The van der Waals surface area contributed by atoms with Crippen molar-refractivity contribution >= 4 is 0 Å². The van der Waals surface area contributed by atoms with E-state index >= 15 is 0 Å². The maximum atomic E-state index is 10.3. The van der Waals surface area contributed by atoms with E-state index in [1.54, 1.807) is 6.07 Å². The number of benzene rings is 1. The summed E-state index contributed by atoms with van der Waals surface area (Å²) >= 11 is 0. The second-order valence-corrected chi connectivity index (χ2v) is 5.66. The van der Waals surface area contributed by atoms with Gasteiger partial charge in [-0.2, -0.15) is 0 Å². The summed E-state index contributed by atoms with van der Waals surface area (Å²) in [6, 6.07) is 3.79.